The number of hydrogen-bond acceptors (Lipinski definition) is 4. The van der Waals surface area contributed by atoms with Crippen LogP contribution in [0.25, 0.3) is 89.5 Å². The predicted molar refractivity (Wildman–Crippen MR) is 212 cm³/mol. The molecule has 0 radical (unpaired) electrons. The summed E-state index contributed by atoms with van der Waals surface area (Å²) >= 11 is 0. The Morgan fingerprint density at radius 1 is 0.404 bits per heavy atom. The molecule has 52 heavy (non-hydrogen) atoms. The second-order valence-corrected chi connectivity index (χ2v) is 14.0. The van der Waals surface area contributed by atoms with Crippen molar-refractivity contribution in [1.82, 2.24) is 15.0 Å². The van der Waals surface area contributed by atoms with Gasteiger partial charge in [-0.05, 0) is 63.2 Å². The second-order valence-electron chi connectivity index (χ2n) is 14.0. The first-order valence-corrected chi connectivity index (χ1v) is 17.7. The lowest BCUT2D eigenvalue weighted by atomic mass is 9.81. The summed E-state index contributed by atoms with van der Waals surface area (Å²) in [6, 6.07) is 57.2. The molecule has 9 aromatic rings. The molecule has 2 aromatic heterocycles. The molecule has 4 nitrogen and oxygen atoms in total. The topological polar surface area (TPSA) is 51.8 Å². The number of para-hydroxylation sites is 1. The molecule has 2 heterocycles. The maximum absolute atomic E-state index is 6.53. The lowest BCUT2D eigenvalue weighted by Gasteiger charge is -2.21. The molecule has 4 heteroatoms. The number of rotatable bonds is 5. The first-order chi connectivity index (χ1) is 25.5. The third kappa shape index (κ3) is 4.87. The van der Waals surface area contributed by atoms with Crippen LogP contribution in [0, 0.1) is 0 Å². The lowest BCUT2D eigenvalue weighted by Crippen LogP contribution is -2.15. The molecule has 0 saturated heterocycles. The van der Waals surface area contributed by atoms with Crippen LogP contribution in [0.15, 0.2) is 168 Å². The fourth-order valence-corrected chi connectivity index (χ4v) is 7.89. The highest BCUT2D eigenvalue weighted by Gasteiger charge is 2.38. The molecule has 0 saturated carbocycles. The largest absolute Gasteiger partial charge is 0.456 e. The van der Waals surface area contributed by atoms with Crippen LogP contribution >= 0.6 is 0 Å². The van der Waals surface area contributed by atoms with Gasteiger partial charge in [-0.15, -0.1) is 0 Å². The number of furan rings is 1. The van der Waals surface area contributed by atoms with E-state index in [1.807, 2.05) is 42.5 Å². The van der Waals surface area contributed by atoms with Gasteiger partial charge in [-0.2, -0.15) is 0 Å². The molecule has 0 amide bonds. The minimum Gasteiger partial charge on any atom is -0.456 e. The standard InChI is InChI=1S/C48H33N3O/c1-48(2)41-27-24-35(29-40(41)38-25-26-39-37-18-9-10-19-42(37)52-44(39)43(38)48)34-16-11-17-36(28-34)47-50-45(32-14-7-4-8-15-32)49-46(51-47)33-22-20-31(21-23-33)30-12-5-3-6-13-30/h3-29H,1-2H3. The van der Waals surface area contributed by atoms with Gasteiger partial charge in [0.1, 0.15) is 11.2 Å². The second kappa shape index (κ2) is 11.7. The molecule has 1 aliphatic rings. The van der Waals surface area contributed by atoms with Crippen LogP contribution in [0.2, 0.25) is 0 Å². The molecule has 10 rings (SSSR count). The Bertz CT molecular complexity index is 2800. The summed E-state index contributed by atoms with van der Waals surface area (Å²) in [5.74, 6) is 1.92. The molecule has 7 aromatic carbocycles. The maximum Gasteiger partial charge on any atom is 0.164 e. The maximum atomic E-state index is 6.53. The van der Waals surface area contributed by atoms with Crippen molar-refractivity contribution in [1.29, 1.82) is 0 Å². The van der Waals surface area contributed by atoms with Gasteiger partial charge in [0.25, 0.3) is 0 Å². The van der Waals surface area contributed by atoms with E-state index < -0.39 is 0 Å². The van der Waals surface area contributed by atoms with Gasteiger partial charge in [0.15, 0.2) is 17.5 Å². The zero-order valence-electron chi connectivity index (χ0n) is 28.8. The van der Waals surface area contributed by atoms with E-state index in [-0.39, 0.29) is 5.41 Å². The van der Waals surface area contributed by atoms with E-state index in [4.69, 9.17) is 19.4 Å². The molecule has 0 spiro atoms. The number of aromatic nitrogens is 3. The molecule has 0 fully saturated rings. The first kappa shape index (κ1) is 30.2. The van der Waals surface area contributed by atoms with Crippen LogP contribution in [0.4, 0.5) is 0 Å². The Morgan fingerprint density at radius 3 is 1.69 bits per heavy atom. The van der Waals surface area contributed by atoms with E-state index in [0.29, 0.717) is 17.5 Å². The molecule has 0 unspecified atom stereocenters. The van der Waals surface area contributed by atoms with Crippen molar-refractivity contribution in [2.24, 2.45) is 0 Å². The van der Waals surface area contributed by atoms with Crippen molar-refractivity contribution in [2.45, 2.75) is 19.3 Å². The van der Waals surface area contributed by atoms with Crippen molar-refractivity contribution < 1.29 is 4.42 Å². The monoisotopic (exact) mass is 667 g/mol. The van der Waals surface area contributed by atoms with Crippen LogP contribution in [-0.2, 0) is 5.41 Å². The number of benzene rings is 7. The highest BCUT2D eigenvalue weighted by Crippen LogP contribution is 2.53. The Balaban J connectivity index is 1.06. The third-order valence-corrected chi connectivity index (χ3v) is 10.5. The van der Waals surface area contributed by atoms with Gasteiger partial charge in [0, 0.05) is 38.4 Å². The van der Waals surface area contributed by atoms with Crippen LogP contribution < -0.4 is 0 Å². The predicted octanol–water partition coefficient (Wildman–Crippen LogP) is 12.4. The highest BCUT2D eigenvalue weighted by molar-refractivity contribution is 6.09. The summed E-state index contributed by atoms with van der Waals surface area (Å²) in [7, 11) is 0. The third-order valence-electron chi connectivity index (χ3n) is 10.5. The van der Waals surface area contributed by atoms with Crippen molar-refractivity contribution in [3.8, 4) is 67.5 Å². The Labute approximate surface area is 302 Å². The Morgan fingerprint density at radius 2 is 0.942 bits per heavy atom. The van der Waals surface area contributed by atoms with Gasteiger partial charge >= 0.3 is 0 Å². The van der Waals surface area contributed by atoms with Crippen molar-refractivity contribution in [3.05, 3.63) is 175 Å². The average molecular weight is 668 g/mol. The summed E-state index contributed by atoms with van der Waals surface area (Å²) in [6.07, 6.45) is 0. The summed E-state index contributed by atoms with van der Waals surface area (Å²) in [4.78, 5) is 15.0. The lowest BCUT2D eigenvalue weighted by molar-refractivity contribution is 0.620. The molecule has 1 aliphatic carbocycles. The van der Waals surface area contributed by atoms with E-state index in [0.717, 1.165) is 49.9 Å². The molecule has 246 valence electrons. The van der Waals surface area contributed by atoms with Crippen molar-refractivity contribution in [3.63, 3.8) is 0 Å². The zero-order chi connectivity index (χ0) is 34.8. The summed E-state index contributed by atoms with van der Waals surface area (Å²) in [6.45, 7) is 4.62. The van der Waals surface area contributed by atoms with Gasteiger partial charge < -0.3 is 4.42 Å². The van der Waals surface area contributed by atoms with Crippen LogP contribution in [0.3, 0.4) is 0 Å². The number of nitrogens with zero attached hydrogens (tertiary/aromatic N) is 3. The molecule has 0 N–H and O–H groups in total. The van der Waals surface area contributed by atoms with Crippen LogP contribution in [0.5, 0.6) is 0 Å². The van der Waals surface area contributed by atoms with Gasteiger partial charge in [0.2, 0.25) is 0 Å². The first-order valence-electron chi connectivity index (χ1n) is 17.7. The van der Waals surface area contributed by atoms with Gasteiger partial charge in [-0.3, -0.25) is 0 Å². The molecule has 0 aliphatic heterocycles. The fourth-order valence-electron chi connectivity index (χ4n) is 7.89. The molecular formula is C48H33N3O. The van der Waals surface area contributed by atoms with Gasteiger partial charge in [-0.25, -0.2) is 15.0 Å². The highest BCUT2D eigenvalue weighted by atomic mass is 16.3. The van der Waals surface area contributed by atoms with E-state index >= 15 is 0 Å². The van der Waals surface area contributed by atoms with E-state index in [2.05, 4.69) is 135 Å². The molecule has 0 bridgehead atoms. The van der Waals surface area contributed by atoms with Crippen LogP contribution in [0.1, 0.15) is 25.0 Å². The SMILES string of the molecule is CC1(C)c2ccc(-c3cccc(-c4nc(-c5ccccc5)nc(-c5ccc(-c6ccccc6)cc5)n4)c3)cc2-c2ccc3c(oc4ccccc43)c21. The molecule has 0 atom stereocenters. The number of fused-ring (bicyclic) bond motifs is 7. The summed E-state index contributed by atoms with van der Waals surface area (Å²) < 4.78 is 6.53. The number of hydrogen-bond donors (Lipinski definition) is 0. The molecular weight excluding hydrogens is 635 g/mol. The smallest absolute Gasteiger partial charge is 0.164 e. The van der Waals surface area contributed by atoms with Crippen molar-refractivity contribution in [2.75, 3.05) is 0 Å². The normalized spacial score (nSPS) is 13.0. The average Bonchev–Trinajstić information content (AvgIpc) is 3.70. The van der Waals surface area contributed by atoms with Gasteiger partial charge in [-0.1, -0.05) is 153 Å². The summed E-state index contributed by atoms with van der Waals surface area (Å²) in [5, 5.41) is 2.33. The quantitative estimate of drug-likeness (QED) is 0.183. The Kier molecular flexibility index (Phi) is 6.80. The van der Waals surface area contributed by atoms with E-state index in [1.165, 1.54) is 33.2 Å². The van der Waals surface area contributed by atoms with Gasteiger partial charge in [0.05, 0.1) is 0 Å². The Hall–Kier alpha value is -6.65. The minimum atomic E-state index is -0.202. The van der Waals surface area contributed by atoms with E-state index in [1.54, 1.807) is 0 Å². The summed E-state index contributed by atoms with van der Waals surface area (Å²) in [5.41, 5.74) is 14.1. The fraction of sp³-hybridized carbons (Fsp3) is 0.0625. The van der Waals surface area contributed by atoms with E-state index in [9.17, 15) is 0 Å². The minimum absolute atomic E-state index is 0.202. The zero-order valence-corrected chi connectivity index (χ0v) is 28.8. The van der Waals surface area contributed by atoms with Crippen molar-refractivity contribution >= 4 is 21.9 Å². The van der Waals surface area contributed by atoms with Crippen LogP contribution in [-0.4, -0.2) is 15.0 Å².